The molecular formula is C17H21NO4. The summed E-state index contributed by atoms with van der Waals surface area (Å²) in [5.41, 5.74) is 1.68. The van der Waals surface area contributed by atoms with Crippen LogP contribution in [-0.2, 0) is 20.9 Å². The van der Waals surface area contributed by atoms with Crippen molar-refractivity contribution in [2.24, 2.45) is 0 Å². The van der Waals surface area contributed by atoms with E-state index in [2.05, 4.69) is 0 Å². The average Bonchev–Trinajstić information content (AvgIpc) is 2.68. The van der Waals surface area contributed by atoms with Gasteiger partial charge in [-0.25, -0.2) is 9.36 Å². The van der Waals surface area contributed by atoms with Crippen LogP contribution in [0.1, 0.15) is 39.0 Å². The highest BCUT2D eigenvalue weighted by Gasteiger charge is 2.24. The number of nitrogens with zero attached hydrogens (tertiary/aromatic N) is 1. The fourth-order valence-electron chi connectivity index (χ4n) is 2.31. The number of rotatable bonds is 2. The molecule has 2 rings (SSSR count). The first-order valence-electron chi connectivity index (χ1n) is 7.16. The van der Waals surface area contributed by atoms with Crippen molar-refractivity contribution < 1.29 is 19.1 Å². The van der Waals surface area contributed by atoms with Crippen molar-refractivity contribution in [3.63, 3.8) is 0 Å². The van der Waals surface area contributed by atoms with Crippen molar-refractivity contribution in [2.75, 3.05) is 0 Å². The van der Waals surface area contributed by atoms with Crippen LogP contribution in [0.3, 0.4) is 0 Å². The largest absolute Gasteiger partial charge is 0.459 e. The van der Waals surface area contributed by atoms with E-state index in [0.717, 1.165) is 16.5 Å². The number of hydrogen-bond acceptors (Lipinski definition) is 4. The molecule has 0 amide bonds. The third-order valence-electron chi connectivity index (χ3n) is 3.24. The number of hydrogen-bond donors (Lipinski definition) is 0. The van der Waals surface area contributed by atoms with E-state index < -0.39 is 11.7 Å². The number of aryl methyl sites for hydroxylation is 1. The van der Waals surface area contributed by atoms with Crippen molar-refractivity contribution in [1.29, 1.82) is 0 Å². The van der Waals surface area contributed by atoms with E-state index in [1.54, 1.807) is 0 Å². The highest BCUT2D eigenvalue weighted by Crippen LogP contribution is 2.27. The Morgan fingerprint density at radius 1 is 1.18 bits per heavy atom. The highest BCUT2D eigenvalue weighted by atomic mass is 16.6. The molecule has 0 fully saturated rings. The minimum Gasteiger partial charge on any atom is -0.459 e. The summed E-state index contributed by atoms with van der Waals surface area (Å²) >= 11 is 0. The molecule has 1 aromatic heterocycles. The molecular weight excluding hydrogens is 282 g/mol. The van der Waals surface area contributed by atoms with Crippen LogP contribution in [0.2, 0.25) is 0 Å². The van der Waals surface area contributed by atoms with Crippen molar-refractivity contribution in [1.82, 2.24) is 4.57 Å². The van der Waals surface area contributed by atoms with Gasteiger partial charge in [0, 0.05) is 12.3 Å². The Morgan fingerprint density at radius 3 is 2.41 bits per heavy atom. The molecule has 0 unspecified atom stereocenters. The number of aromatic nitrogens is 1. The number of ether oxygens (including phenoxy) is 2. The quantitative estimate of drug-likeness (QED) is 0.792. The molecule has 0 aliphatic carbocycles. The summed E-state index contributed by atoms with van der Waals surface area (Å²) in [6.07, 6.45) is -0.473. The van der Waals surface area contributed by atoms with Gasteiger partial charge in [-0.2, -0.15) is 0 Å². The summed E-state index contributed by atoms with van der Waals surface area (Å²) in [7, 11) is 0. The molecule has 0 radical (unpaired) electrons. The molecule has 0 saturated heterocycles. The first kappa shape index (κ1) is 16.1. The van der Waals surface area contributed by atoms with Crippen LogP contribution >= 0.6 is 0 Å². The minimum atomic E-state index is -0.602. The lowest BCUT2D eigenvalue weighted by molar-refractivity contribution is -0.142. The topological polar surface area (TPSA) is 57.5 Å². The molecule has 0 spiro atoms. The lowest BCUT2D eigenvalue weighted by Crippen LogP contribution is -2.28. The number of benzene rings is 1. The van der Waals surface area contributed by atoms with Gasteiger partial charge in [0.1, 0.15) is 12.2 Å². The van der Waals surface area contributed by atoms with Gasteiger partial charge >= 0.3 is 12.1 Å². The molecule has 0 atom stereocenters. The Hall–Kier alpha value is -2.30. The molecule has 0 N–H and O–H groups in total. The molecule has 5 nitrogen and oxygen atoms in total. The Bertz CT molecular complexity index is 722. The molecule has 1 aromatic carbocycles. The molecule has 2 aromatic rings. The summed E-state index contributed by atoms with van der Waals surface area (Å²) in [6.45, 7) is 8.73. The first-order valence-corrected chi connectivity index (χ1v) is 7.16. The van der Waals surface area contributed by atoms with Crippen molar-refractivity contribution >= 4 is 23.0 Å². The standard InChI is InChI=1S/C17H21NO4/c1-11-13-8-6-7-9-14(13)18(15(11)10-21-12(2)19)16(20)22-17(3,4)5/h6-9H,10H2,1-5H3. The van der Waals surface area contributed by atoms with Gasteiger partial charge in [-0.15, -0.1) is 0 Å². The molecule has 0 saturated carbocycles. The van der Waals surface area contributed by atoms with E-state index >= 15 is 0 Å². The Balaban J connectivity index is 2.55. The van der Waals surface area contributed by atoms with Gasteiger partial charge in [0.05, 0.1) is 11.2 Å². The highest BCUT2D eigenvalue weighted by molar-refractivity contribution is 5.93. The zero-order chi connectivity index (χ0) is 16.5. The van der Waals surface area contributed by atoms with Gasteiger partial charge in [-0.3, -0.25) is 4.79 Å². The van der Waals surface area contributed by atoms with Gasteiger partial charge < -0.3 is 9.47 Å². The van der Waals surface area contributed by atoms with Crippen LogP contribution in [0.4, 0.5) is 4.79 Å². The lowest BCUT2D eigenvalue weighted by Gasteiger charge is -2.21. The van der Waals surface area contributed by atoms with Crippen molar-refractivity contribution in [2.45, 2.75) is 46.8 Å². The summed E-state index contributed by atoms with van der Waals surface area (Å²) in [4.78, 5) is 23.7. The second-order valence-corrected chi connectivity index (χ2v) is 6.18. The van der Waals surface area contributed by atoms with E-state index in [9.17, 15) is 9.59 Å². The van der Waals surface area contributed by atoms with Gasteiger partial charge in [-0.1, -0.05) is 18.2 Å². The van der Waals surface area contributed by atoms with Crippen molar-refractivity contribution in [3.05, 3.63) is 35.5 Å². The molecule has 118 valence electrons. The van der Waals surface area contributed by atoms with Crippen LogP contribution < -0.4 is 0 Å². The monoisotopic (exact) mass is 303 g/mol. The smallest absolute Gasteiger partial charge is 0.419 e. The van der Waals surface area contributed by atoms with Gasteiger partial charge in [0.2, 0.25) is 0 Å². The molecule has 1 heterocycles. The fraction of sp³-hybridized carbons (Fsp3) is 0.412. The SMILES string of the molecule is CC(=O)OCc1c(C)c2ccccc2n1C(=O)OC(C)(C)C. The molecule has 0 aliphatic rings. The third kappa shape index (κ3) is 3.30. The Labute approximate surface area is 129 Å². The zero-order valence-electron chi connectivity index (χ0n) is 13.6. The zero-order valence-corrected chi connectivity index (χ0v) is 13.6. The van der Waals surface area contributed by atoms with Gasteiger partial charge in [0.25, 0.3) is 0 Å². The summed E-state index contributed by atoms with van der Waals surface area (Å²) in [6, 6.07) is 7.55. The van der Waals surface area contributed by atoms with Crippen molar-refractivity contribution in [3.8, 4) is 0 Å². The van der Waals surface area contributed by atoms with Crippen LogP contribution in [0.15, 0.2) is 24.3 Å². The predicted octanol–water partition coefficient (Wildman–Crippen LogP) is 3.80. The van der Waals surface area contributed by atoms with Crippen LogP contribution in [0, 0.1) is 6.92 Å². The predicted molar refractivity (Wildman–Crippen MR) is 83.8 cm³/mol. The maximum Gasteiger partial charge on any atom is 0.419 e. The van der Waals surface area contributed by atoms with E-state index in [1.165, 1.54) is 11.5 Å². The Kier molecular flexibility index (Phi) is 4.26. The number of para-hydroxylation sites is 1. The van der Waals surface area contributed by atoms with Crippen LogP contribution in [0.25, 0.3) is 10.9 Å². The Morgan fingerprint density at radius 2 is 1.82 bits per heavy atom. The fourth-order valence-corrected chi connectivity index (χ4v) is 2.31. The average molecular weight is 303 g/mol. The first-order chi connectivity index (χ1) is 10.2. The summed E-state index contributed by atoms with van der Waals surface area (Å²) in [5.74, 6) is -0.389. The van der Waals surface area contributed by atoms with E-state index in [-0.39, 0.29) is 12.6 Å². The molecule has 0 bridgehead atoms. The number of carbonyl (C=O) groups is 2. The van der Waals surface area contributed by atoms with E-state index in [1.807, 2.05) is 52.0 Å². The number of esters is 1. The van der Waals surface area contributed by atoms with E-state index in [4.69, 9.17) is 9.47 Å². The molecule has 5 heteroatoms. The third-order valence-corrected chi connectivity index (χ3v) is 3.24. The number of carbonyl (C=O) groups excluding carboxylic acids is 2. The molecule has 0 aliphatic heterocycles. The second kappa shape index (κ2) is 5.83. The summed E-state index contributed by atoms with van der Waals surface area (Å²) in [5, 5.41) is 0.940. The van der Waals surface area contributed by atoms with Crippen LogP contribution in [-0.4, -0.2) is 22.2 Å². The minimum absolute atomic E-state index is 0.0368. The van der Waals surface area contributed by atoms with Gasteiger partial charge in [0.15, 0.2) is 0 Å². The maximum atomic E-state index is 12.6. The maximum absolute atomic E-state index is 12.6. The normalized spacial score (nSPS) is 11.5. The van der Waals surface area contributed by atoms with Crippen LogP contribution in [0.5, 0.6) is 0 Å². The summed E-state index contributed by atoms with van der Waals surface area (Å²) < 4.78 is 12.1. The molecule has 22 heavy (non-hydrogen) atoms. The van der Waals surface area contributed by atoms with E-state index in [0.29, 0.717) is 5.69 Å². The second-order valence-electron chi connectivity index (χ2n) is 6.18. The number of fused-ring (bicyclic) bond motifs is 1. The lowest BCUT2D eigenvalue weighted by atomic mass is 10.1. The van der Waals surface area contributed by atoms with Gasteiger partial charge in [-0.05, 0) is 39.3 Å².